The topological polar surface area (TPSA) is 12.0 Å². The second-order valence-electron chi connectivity index (χ2n) is 13.6. The van der Waals surface area contributed by atoms with Gasteiger partial charge in [0.25, 0.3) is 0 Å². The Morgan fingerprint density at radius 3 is 2.29 bits per heavy atom. The summed E-state index contributed by atoms with van der Waals surface area (Å²) in [6, 6.07) is 0.771. The fourth-order valence-corrected chi connectivity index (χ4v) is 10.4. The standard InChI is InChI=1S/C33H53N/c1-2-29-30-10-6-7-11-31(30)32-21-16-26(22-33(29)32)25-14-19-28(20-15-25)34-27-17-12-24(13-18-27)23-8-4-3-5-9-23/h7,11,17,23-26,28-34H,2-6,8-10,12-16,18-22H2,1H3. The first-order chi connectivity index (χ1) is 16.8. The molecule has 4 saturated carbocycles. The van der Waals surface area contributed by atoms with E-state index in [-0.39, 0.29) is 0 Å². The van der Waals surface area contributed by atoms with E-state index in [1.165, 1.54) is 96.3 Å². The maximum atomic E-state index is 4.05. The van der Waals surface area contributed by atoms with Crippen LogP contribution in [0.4, 0.5) is 0 Å². The van der Waals surface area contributed by atoms with Crippen molar-refractivity contribution in [3.8, 4) is 0 Å². The zero-order valence-electron chi connectivity index (χ0n) is 22.2. The molecule has 6 aliphatic carbocycles. The van der Waals surface area contributed by atoms with Gasteiger partial charge in [0, 0.05) is 11.7 Å². The summed E-state index contributed by atoms with van der Waals surface area (Å²) in [6.45, 7) is 2.50. The molecule has 190 valence electrons. The summed E-state index contributed by atoms with van der Waals surface area (Å²) in [5.41, 5.74) is 1.61. The summed E-state index contributed by atoms with van der Waals surface area (Å²) in [5.74, 6) is 9.24. The third kappa shape index (κ3) is 4.80. The number of hydrogen-bond acceptors (Lipinski definition) is 1. The quantitative estimate of drug-likeness (QED) is 0.401. The molecule has 7 unspecified atom stereocenters. The molecule has 6 rings (SSSR count). The van der Waals surface area contributed by atoms with Gasteiger partial charge in [0.15, 0.2) is 0 Å². The monoisotopic (exact) mass is 463 g/mol. The van der Waals surface area contributed by atoms with E-state index in [4.69, 9.17) is 0 Å². The first-order valence-electron chi connectivity index (χ1n) is 15.9. The molecule has 7 atom stereocenters. The van der Waals surface area contributed by atoms with Gasteiger partial charge in [-0.2, -0.15) is 0 Å². The summed E-state index contributed by atoms with van der Waals surface area (Å²) in [5, 5.41) is 4.05. The van der Waals surface area contributed by atoms with Crippen molar-refractivity contribution in [3.05, 3.63) is 23.9 Å². The van der Waals surface area contributed by atoms with Gasteiger partial charge in [0.2, 0.25) is 0 Å². The van der Waals surface area contributed by atoms with E-state index in [1.807, 2.05) is 0 Å². The number of hydrogen-bond donors (Lipinski definition) is 1. The molecule has 0 heterocycles. The first-order valence-corrected chi connectivity index (χ1v) is 15.9. The number of allylic oxidation sites excluding steroid dienone is 4. The maximum absolute atomic E-state index is 4.05. The molecular weight excluding hydrogens is 410 g/mol. The Balaban J connectivity index is 0.977. The van der Waals surface area contributed by atoms with Crippen molar-refractivity contribution in [2.24, 2.45) is 53.3 Å². The molecule has 0 aromatic heterocycles. The van der Waals surface area contributed by atoms with Gasteiger partial charge in [0.1, 0.15) is 0 Å². The van der Waals surface area contributed by atoms with Gasteiger partial charge in [-0.3, -0.25) is 0 Å². The van der Waals surface area contributed by atoms with Crippen molar-refractivity contribution in [1.82, 2.24) is 5.32 Å². The maximum Gasteiger partial charge on any atom is 0.0258 e. The molecule has 0 spiro atoms. The Morgan fingerprint density at radius 1 is 0.735 bits per heavy atom. The van der Waals surface area contributed by atoms with Crippen molar-refractivity contribution in [3.63, 3.8) is 0 Å². The largest absolute Gasteiger partial charge is 0.386 e. The molecule has 34 heavy (non-hydrogen) atoms. The Hall–Kier alpha value is -0.720. The van der Waals surface area contributed by atoms with Crippen LogP contribution in [-0.2, 0) is 0 Å². The van der Waals surface area contributed by atoms with Crippen LogP contribution in [-0.4, -0.2) is 6.04 Å². The van der Waals surface area contributed by atoms with Crippen LogP contribution < -0.4 is 5.32 Å². The fraction of sp³-hybridized carbons (Fsp3) is 0.879. The van der Waals surface area contributed by atoms with Gasteiger partial charge < -0.3 is 5.32 Å². The predicted molar refractivity (Wildman–Crippen MR) is 144 cm³/mol. The lowest BCUT2D eigenvalue weighted by Gasteiger charge is -2.42. The molecule has 1 N–H and O–H groups in total. The number of nitrogens with one attached hydrogen (secondary N) is 1. The van der Waals surface area contributed by atoms with Crippen LogP contribution in [0.5, 0.6) is 0 Å². The Labute approximate surface area is 211 Å². The minimum absolute atomic E-state index is 0.771. The van der Waals surface area contributed by atoms with E-state index in [1.54, 1.807) is 25.0 Å². The van der Waals surface area contributed by atoms with Crippen LogP contribution >= 0.6 is 0 Å². The van der Waals surface area contributed by atoms with E-state index in [0.29, 0.717) is 0 Å². The first kappa shape index (κ1) is 23.7. The highest BCUT2D eigenvalue weighted by Crippen LogP contribution is 2.59. The third-order valence-electron chi connectivity index (χ3n) is 12.2. The van der Waals surface area contributed by atoms with E-state index in [0.717, 1.165) is 59.3 Å². The van der Waals surface area contributed by atoms with E-state index >= 15 is 0 Å². The van der Waals surface area contributed by atoms with Crippen LogP contribution in [0.15, 0.2) is 23.9 Å². The van der Waals surface area contributed by atoms with E-state index in [2.05, 4.69) is 30.5 Å². The molecule has 1 heteroatoms. The molecule has 0 aromatic carbocycles. The van der Waals surface area contributed by atoms with Crippen molar-refractivity contribution >= 4 is 0 Å². The van der Waals surface area contributed by atoms with Crippen LogP contribution in [0.2, 0.25) is 0 Å². The van der Waals surface area contributed by atoms with Crippen molar-refractivity contribution in [1.29, 1.82) is 0 Å². The number of rotatable bonds is 5. The summed E-state index contributed by atoms with van der Waals surface area (Å²) in [6.07, 6.45) is 34.3. The van der Waals surface area contributed by atoms with Crippen molar-refractivity contribution in [2.45, 2.75) is 129 Å². The van der Waals surface area contributed by atoms with Crippen molar-refractivity contribution in [2.75, 3.05) is 0 Å². The highest BCUT2D eigenvalue weighted by molar-refractivity contribution is 5.10. The molecule has 6 aliphatic rings. The minimum atomic E-state index is 0.771. The molecule has 1 nitrogen and oxygen atoms in total. The highest BCUT2D eigenvalue weighted by atomic mass is 14.9. The molecule has 0 aromatic rings. The fourth-order valence-electron chi connectivity index (χ4n) is 10.4. The van der Waals surface area contributed by atoms with Gasteiger partial charge in [0.05, 0.1) is 0 Å². The average Bonchev–Trinajstić information content (AvgIpc) is 3.23. The number of fused-ring (bicyclic) bond motifs is 3. The molecule has 0 amide bonds. The van der Waals surface area contributed by atoms with Crippen LogP contribution in [0.1, 0.15) is 122 Å². The Morgan fingerprint density at radius 2 is 1.53 bits per heavy atom. The minimum Gasteiger partial charge on any atom is -0.386 e. The van der Waals surface area contributed by atoms with Crippen LogP contribution in [0.3, 0.4) is 0 Å². The molecule has 0 radical (unpaired) electrons. The van der Waals surface area contributed by atoms with Gasteiger partial charge in [-0.15, -0.1) is 0 Å². The summed E-state index contributed by atoms with van der Waals surface area (Å²) >= 11 is 0. The van der Waals surface area contributed by atoms with Crippen molar-refractivity contribution < 1.29 is 0 Å². The molecule has 4 fully saturated rings. The Kier molecular flexibility index (Phi) is 7.46. The lowest BCUT2D eigenvalue weighted by atomic mass is 9.65. The van der Waals surface area contributed by atoms with Gasteiger partial charge >= 0.3 is 0 Å². The molecule has 0 aliphatic heterocycles. The SMILES string of the molecule is CCC1C2CCC=CC2C2CCC(C3CCC(NC4=CCC(C5CCCCC5)CC4)CC3)CC21. The van der Waals surface area contributed by atoms with Gasteiger partial charge in [-0.25, -0.2) is 0 Å². The highest BCUT2D eigenvalue weighted by Gasteiger charge is 2.51. The molecule has 0 bridgehead atoms. The van der Waals surface area contributed by atoms with E-state index < -0.39 is 0 Å². The zero-order chi connectivity index (χ0) is 22.9. The normalized spacial score (nSPS) is 45.3. The average molecular weight is 464 g/mol. The second kappa shape index (κ2) is 10.7. The summed E-state index contributed by atoms with van der Waals surface area (Å²) < 4.78 is 0. The van der Waals surface area contributed by atoms with Crippen LogP contribution in [0, 0.1) is 53.3 Å². The van der Waals surface area contributed by atoms with Gasteiger partial charge in [-0.05, 0) is 130 Å². The van der Waals surface area contributed by atoms with Gasteiger partial charge in [-0.1, -0.05) is 63.7 Å². The van der Waals surface area contributed by atoms with Crippen LogP contribution in [0.25, 0.3) is 0 Å². The zero-order valence-corrected chi connectivity index (χ0v) is 22.2. The summed E-state index contributed by atoms with van der Waals surface area (Å²) in [4.78, 5) is 0. The Bertz CT molecular complexity index is 721. The smallest absolute Gasteiger partial charge is 0.0258 e. The second-order valence-corrected chi connectivity index (χ2v) is 13.6. The molecule has 0 saturated heterocycles. The predicted octanol–water partition coefficient (Wildman–Crippen LogP) is 9.05. The molecular formula is C33H53N. The lowest BCUT2D eigenvalue weighted by Crippen LogP contribution is -2.37. The lowest BCUT2D eigenvalue weighted by molar-refractivity contribution is 0.0976. The van der Waals surface area contributed by atoms with E-state index in [9.17, 15) is 0 Å². The summed E-state index contributed by atoms with van der Waals surface area (Å²) in [7, 11) is 0. The third-order valence-corrected chi connectivity index (χ3v) is 12.2.